The fraction of sp³-hybridized carbons (Fsp3) is 0.408. The van der Waals surface area contributed by atoms with Gasteiger partial charge in [-0.25, -0.2) is 4.98 Å². The maximum absolute atomic E-state index is 15.4. The monoisotopic (exact) mass is 1410 g/mol. The van der Waals surface area contributed by atoms with Gasteiger partial charge in [-0.15, -0.1) is 0 Å². The van der Waals surface area contributed by atoms with Crippen molar-refractivity contribution >= 4 is 110 Å². The fourth-order valence-corrected chi connectivity index (χ4v) is 14.5. The quantitative estimate of drug-likeness (QED) is 0.0655. The van der Waals surface area contributed by atoms with E-state index in [1.54, 1.807) is 54.9 Å². The van der Waals surface area contributed by atoms with Crippen molar-refractivity contribution in [1.29, 1.82) is 0 Å². The molecule has 0 saturated carbocycles. The zero-order valence-corrected chi connectivity index (χ0v) is 57.4. The first-order valence-corrected chi connectivity index (χ1v) is 35.6. The molecule has 1 saturated heterocycles. The third kappa shape index (κ3) is 20.3. The lowest BCUT2D eigenvalue weighted by atomic mass is 9.97. The number of nitrogens with one attached hydrogen (secondary N) is 8. The van der Waals surface area contributed by atoms with Crippen LogP contribution in [0.3, 0.4) is 0 Å². The summed E-state index contributed by atoms with van der Waals surface area (Å²) in [4.78, 5) is 176. The number of carboxylic acids is 1. The number of likely N-dealkylation sites (N-methyl/N-ethyl adjacent to an activating group) is 2. The molecule has 0 aliphatic carbocycles. The lowest BCUT2D eigenvalue weighted by Gasteiger charge is -2.32. The molecule has 100 heavy (non-hydrogen) atoms. The maximum atomic E-state index is 15.4. The van der Waals surface area contributed by atoms with Gasteiger partial charge in [-0.1, -0.05) is 72.8 Å². The van der Waals surface area contributed by atoms with Crippen molar-refractivity contribution < 1.29 is 63.0 Å². The van der Waals surface area contributed by atoms with E-state index in [9.17, 15) is 43.8 Å². The number of carbonyl (C=O) groups excluding carboxylic acids is 10. The van der Waals surface area contributed by atoms with E-state index in [0.29, 0.717) is 76.4 Å². The summed E-state index contributed by atoms with van der Waals surface area (Å²) in [6, 6.07) is 18.1. The summed E-state index contributed by atoms with van der Waals surface area (Å²) in [5.74, 6) is -8.34. The van der Waals surface area contributed by atoms with Gasteiger partial charge < -0.3 is 77.9 Å². The molecule has 530 valence electrons. The van der Waals surface area contributed by atoms with Crippen LogP contribution in [0.2, 0.25) is 0 Å². The summed E-state index contributed by atoms with van der Waals surface area (Å²) < 4.78 is 0. The number of primary amides is 1. The Morgan fingerprint density at radius 3 is 1.93 bits per heavy atom. The summed E-state index contributed by atoms with van der Waals surface area (Å²) in [5.41, 5.74) is 17.0. The van der Waals surface area contributed by atoms with Crippen molar-refractivity contribution in [1.82, 2.24) is 61.2 Å². The molecule has 29 heteroatoms. The molecule has 8 atom stereocenters. The number of thioether (sulfide) groups is 2. The van der Waals surface area contributed by atoms with Gasteiger partial charge in [0, 0.05) is 128 Å². The number of nitrogens with zero attached hydrogens (tertiary/aromatic N) is 4. The summed E-state index contributed by atoms with van der Waals surface area (Å²) in [6.45, 7) is -0.103. The summed E-state index contributed by atoms with van der Waals surface area (Å²) in [7, 11) is 2.81. The number of rotatable bonds is 15. The zero-order chi connectivity index (χ0) is 71.4. The Morgan fingerprint density at radius 1 is 0.660 bits per heavy atom. The molecule has 3 aromatic heterocycles. The Labute approximate surface area is 586 Å². The molecule has 2 aliphatic rings. The molecule has 7 aromatic rings. The van der Waals surface area contributed by atoms with Gasteiger partial charge in [-0.05, 0) is 90.7 Å². The number of ketones is 1. The third-order valence-electron chi connectivity index (χ3n) is 18.0. The number of H-pyrrole nitrogens is 3. The molecule has 4 aromatic carbocycles. The number of hydrogen-bond acceptors (Lipinski definition) is 16. The third-order valence-corrected chi connectivity index (χ3v) is 20.2. The number of phenolic OH excluding ortho intramolecular Hbond substituents is 1. The van der Waals surface area contributed by atoms with Gasteiger partial charge in [-0.3, -0.25) is 52.7 Å². The molecule has 0 radical (unpaired) electrons. The Balaban J connectivity index is 1.06. The van der Waals surface area contributed by atoms with Crippen molar-refractivity contribution in [3.63, 3.8) is 0 Å². The van der Waals surface area contributed by atoms with Gasteiger partial charge in [0.1, 0.15) is 42.0 Å². The topological polar surface area (TPSA) is 410 Å². The first kappa shape index (κ1) is 74.2. The Kier molecular flexibility index (Phi) is 26.5. The second-order valence-corrected chi connectivity index (χ2v) is 27.5. The number of aliphatic carboxylic acids is 1. The number of hydrogen-bond donors (Lipinski definition) is 12. The first-order valence-electron chi connectivity index (χ1n) is 33.3. The van der Waals surface area contributed by atoms with E-state index >= 15 is 19.2 Å². The predicted octanol–water partition coefficient (Wildman–Crippen LogP) is 3.28. The molecular weight excluding hydrogens is 1320 g/mol. The number of benzene rings is 4. The number of aromatic hydroxyl groups is 1. The highest BCUT2D eigenvalue weighted by molar-refractivity contribution is 7.98. The van der Waals surface area contributed by atoms with E-state index in [0.717, 1.165) is 22.0 Å². The molecule has 27 nitrogen and oxygen atoms in total. The molecule has 0 unspecified atom stereocenters. The van der Waals surface area contributed by atoms with E-state index in [4.69, 9.17) is 11.5 Å². The average Bonchev–Trinajstić information content (AvgIpc) is 1.61. The van der Waals surface area contributed by atoms with Gasteiger partial charge in [0.05, 0.1) is 31.3 Å². The maximum Gasteiger partial charge on any atom is 0.305 e. The van der Waals surface area contributed by atoms with Crippen molar-refractivity contribution in [2.45, 2.75) is 131 Å². The minimum absolute atomic E-state index is 0.0632. The highest BCUT2D eigenvalue weighted by Crippen LogP contribution is 2.28. The molecule has 2 bridgehead atoms. The highest BCUT2D eigenvalue weighted by Gasteiger charge is 2.41. The van der Waals surface area contributed by atoms with Crippen LogP contribution in [-0.4, -0.2) is 197 Å². The lowest BCUT2D eigenvalue weighted by molar-refractivity contribution is -0.144. The average molecular weight is 1410 g/mol. The molecule has 9 rings (SSSR count). The van der Waals surface area contributed by atoms with Crippen LogP contribution in [0.4, 0.5) is 0 Å². The largest absolute Gasteiger partial charge is 0.508 e. The standard InChI is InChI=1S/C71H86N14O13S2/c1-83-37-63(89)84(2)60(30-46-35-76-53-16-6-4-14-51(46)53)69(96)81-55(29-45-34-75-52-15-5-3-13-50(45)52)66(93)80-57(33-64(90)91)68(95)79-56(32-48-36-74-41-77-48)67(94)82-58(28-42-19-21-49(86)22-20-42)71(98)85-25-10-18-59(85)61(87)31-47(65(73)92)40-100-39-44-12-9-11-43(27-44)38-99-26-23-62(88)78-54(70(83)97)17-7-8-24-72/h3-6,9,11-16,19-22,27,34-36,41,47,54-60,75-76,86H,7-8,10,17-18,23-26,28-33,37-40,72H2,1-2H3,(H2,73,92)(H,74,77)(H,78,88)(H,79,95)(H,80,93)(H,81,96)(H,82,94)(H,90,91)/t47-,54-,55-,56-,57-,58-,59-,60-/m0/s1. The van der Waals surface area contributed by atoms with Gasteiger partial charge in [-0.2, -0.15) is 23.5 Å². The van der Waals surface area contributed by atoms with Crippen LogP contribution in [-0.2, 0) is 89.9 Å². The number of fused-ring (bicyclic) bond motifs is 5. The molecule has 1 fully saturated rings. The van der Waals surface area contributed by atoms with Crippen LogP contribution < -0.4 is 38.1 Å². The molecule has 5 heterocycles. The molecule has 2 aliphatic heterocycles. The minimum Gasteiger partial charge on any atom is -0.508 e. The Morgan fingerprint density at radius 2 is 1.28 bits per heavy atom. The number of amides is 9. The number of para-hydroxylation sites is 2. The predicted molar refractivity (Wildman–Crippen MR) is 378 cm³/mol. The van der Waals surface area contributed by atoms with Crippen LogP contribution in [0.5, 0.6) is 5.75 Å². The van der Waals surface area contributed by atoms with Crippen LogP contribution >= 0.6 is 23.5 Å². The van der Waals surface area contributed by atoms with Crippen LogP contribution in [0.25, 0.3) is 21.8 Å². The number of carboxylic acid groups (broad SMARTS) is 1. The zero-order valence-electron chi connectivity index (χ0n) is 55.7. The molecule has 0 spiro atoms. The van der Waals surface area contributed by atoms with Crippen molar-refractivity contribution in [2.75, 3.05) is 45.2 Å². The van der Waals surface area contributed by atoms with E-state index < -0.39 is 120 Å². The Bertz CT molecular complexity index is 4050. The van der Waals surface area contributed by atoms with Crippen LogP contribution in [0.1, 0.15) is 84.9 Å². The normalized spacial score (nSPS) is 22.4. The molecular formula is C71H86N14O13S2. The lowest BCUT2D eigenvalue weighted by Crippen LogP contribution is -2.61. The minimum atomic E-state index is -1.94. The van der Waals surface area contributed by atoms with Crippen molar-refractivity contribution in [3.05, 3.63) is 155 Å². The van der Waals surface area contributed by atoms with Gasteiger partial charge in [0.15, 0.2) is 5.78 Å². The van der Waals surface area contributed by atoms with E-state index in [-0.39, 0.29) is 75.3 Å². The van der Waals surface area contributed by atoms with E-state index in [1.807, 2.05) is 42.5 Å². The number of nitrogens with two attached hydrogens (primary N) is 2. The van der Waals surface area contributed by atoms with Crippen LogP contribution in [0.15, 0.2) is 122 Å². The van der Waals surface area contributed by atoms with Crippen molar-refractivity contribution in [2.24, 2.45) is 17.4 Å². The highest BCUT2D eigenvalue weighted by atomic mass is 32.2. The van der Waals surface area contributed by atoms with Gasteiger partial charge >= 0.3 is 5.97 Å². The number of imidazole rings is 1. The summed E-state index contributed by atoms with van der Waals surface area (Å²) in [5, 5.41) is 35.6. The van der Waals surface area contributed by atoms with Crippen LogP contribution in [0, 0.1) is 5.92 Å². The summed E-state index contributed by atoms with van der Waals surface area (Å²) in [6.07, 6.45) is 5.82. The summed E-state index contributed by atoms with van der Waals surface area (Å²) >= 11 is 2.92. The van der Waals surface area contributed by atoms with E-state index in [1.165, 1.54) is 77.0 Å². The number of aromatic nitrogens is 4. The smallest absolute Gasteiger partial charge is 0.305 e. The van der Waals surface area contributed by atoms with Gasteiger partial charge in [0.2, 0.25) is 53.2 Å². The number of Topliss-reactive ketones (excluding diaryl/α,β-unsaturated/α-hetero) is 1. The number of aromatic amines is 3. The second-order valence-electron chi connectivity index (χ2n) is 25.3. The molecule has 9 amide bonds. The van der Waals surface area contributed by atoms with Gasteiger partial charge in [0.25, 0.3) is 0 Å². The van der Waals surface area contributed by atoms with E-state index in [2.05, 4.69) is 46.5 Å². The first-order chi connectivity index (χ1) is 48.1. The number of carbonyl (C=O) groups is 11. The number of unbranched alkanes of at least 4 members (excludes halogenated alkanes) is 1. The fourth-order valence-electron chi connectivity index (χ4n) is 12.5. The SMILES string of the molecule is CN1CC(=O)N(C)[C@@H](Cc2c[nH]c3ccccc23)C(=O)N[C@@H](Cc2c[nH]c3ccccc23)C(=O)N[C@@H](CC(=O)O)C(=O)N[C@@H](Cc2cnc[nH]2)C(=O)N[C@@H](Cc2ccc(O)cc2)C(=O)N2CCC[C@H]2C(=O)C[C@H](C(N)=O)CSCc2cccc(c2)CSCCC(=O)N[C@@H](CCCCN)C1=O. The Hall–Kier alpha value is -10.0. The van der Waals surface area contributed by atoms with Crippen molar-refractivity contribution in [3.8, 4) is 5.75 Å². The molecule has 14 N–H and O–H groups in total. The number of phenols is 1. The second kappa shape index (κ2) is 35.7.